The van der Waals surface area contributed by atoms with Crippen LogP contribution in [0, 0.1) is 0 Å². The van der Waals surface area contributed by atoms with Crippen LogP contribution in [0.2, 0.25) is 0 Å². The zero-order valence-corrected chi connectivity index (χ0v) is 16.1. The van der Waals surface area contributed by atoms with Gasteiger partial charge in [0.25, 0.3) is 0 Å². The van der Waals surface area contributed by atoms with Gasteiger partial charge in [-0.2, -0.15) is 0 Å². The molecule has 0 bridgehead atoms. The second-order valence-electron chi connectivity index (χ2n) is 8.24. The monoisotopic (exact) mass is 342 g/mol. The third-order valence-electron chi connectivity index (χ3n) is 5.88. The standard InChI is InChI=1S/C21H34N4/c1-21(2,17-9-5-4-6-10-17)16-23-20(22-3)24-18-13-14-25(15-18)19-11-7-8-12-19/h4-6,9-10,18-19H,7-8,11-16H2,1-3H3,(H2,22,23,24). The molecule has 1 heterocycles. The molecule has 2 N–H and O–H groups in total. The Morgan fingerprint density at radius 1 is 1.16 bits per heavy atom. The van der Waals surface area contributed by atoms with Crippen molar-refractivity contribution in [3.8, 4) is 0 Å². The first-order chi connectivity index (χ1) is 12.1. The zero-order valence-electron chi connectivity index (χ0n) is 16.1. The van der Waals surface area contributed by atoms with Gasteiger partial charge in [0.15, 0.2) is 5.96 Å². The van der Waals surface area contributed by atoms with E-state index in [4.69, 9.17) is 0 Å². The van der Waals surface area contributed by atoms with E-state index in [1.165, 1.54) is 44.2 Å². The van der Waals surface area contributed by atoms with Gasteiger partial charge in [0.1, 0.15) is 0 Å². The number of aliphatic imine (C=N–C) groups is 1. The van der Waals surface area contributed by atoms with Gasteiger partial charge in [-0.15, -0.1) is 0 Å². The topological polar surface area (TPSA) is 39.7 Å². The second-order valence-corrected chi connectivity index (χ2v) is 8.24. The van der Waals surface area contributed by atoms with E-state index in [9.17, 15) is 0 Å². The third kappa shape index (κ3) is 4.75. The molecule has 0 radical (unpaired) electrons. The number of guanidine groups is 1. The Morgan fingerprint density at radius 2 is 1.88 bits per heavy atom. The minimum absolute atomic E-state index is 0.0738. The largest absolute Gasteiger partial charge is 0.356 e. The highest BCUT2D eigenvalue weighted by atomic mass is 15.3. The van der Waals surface area contributed by atoms with Crippen LogP contribution >= 0.6 is 0 Å². The first kappa shape index (κ1) is 18.2. The maximum Gasteiger partial charge on any atom is 0.191 e. The Bertz CT molecular complexity index is 561. The van der Waals surface area contributed by atoms with Crippen LogP contribution in [-0.4, -0.2) is 49.6 Å². The summed E-state index contributed by atoms with van der Waals surface area (Å²) in [6.07, 6.45) is 6.84. The number of benzene rings is 1. The van der Waals surface area contributed by atoms with Crippen LogP contribution in [0.1, 0.15) is 51.5 Å². The Balaban J connectivity index is 1.48. The summed E-state index contributed by atoms with van der Waals surface area (Å²) in [7, 11) is 1.87. The molecule has 1 unspecified atom stereocenters. The summed E-state index contributed by atoms with van der Waals surface area (Å²) in [5.41, 5.74) is 1.43. The fourth-order valence-electron chi connectivity index (χ4n) is 4.19. The molecule has 3 rings (SSSR count). The van der Waals surface area contributed by atoms with Gasteiger partial charge in [-0.1, -0.05) is 57.0 Å². The highest BCUT2D eigenvalue weighted by Crippen LogP contribution is 2.26. The van der Waals surface area contributed by atoms with Gasteiger partial charge >= 0.3 is 0 Å². The Hall–Kier alpha value is -1.55. The minimum Gasteiger partial charge on any atom is -0.356 e. The highest BCUT2D eigenvalue weighted by molar-refractivity contribution is 5.80. The first-order valence-corrected chi connectivity index (χ1v) is 9.85. The molecule has 1 aromatic rings. The second kappa shape index (κ2) is 8.22. The first-order valence-electron chi connectivity index (χ1n) is 9.85. The average molecular weight is 343 g/mol. The molecular weight excluding hydrogens is 308 g/mol. The number of likely N-dealkylation sites (tertiary alicyclic amines) is 1. The molecule has 1 saturated heterocycles. The van der Waals surface area contributed by atoms with Crippen molar-refractivity contribution < 1.29 is 0 Å². The van der Waals surface area contributed by atoms with Crippen molar-refractivity contribution in [2.75, 3.05) is 26.7 Å². The van der Waals surface area contributed by atoms with Crippen LogP contribution in [0.3, 0.4) is 0 Å². The number of hydrogen-bond acceptors (Lipinski definition) is 2. The molecule has 138 valence electrons. The lowest BCUT2D eigenvalue weighted by atomic mass is 9.85. The van der Waals surface area contributed by atoms with E-state index in [0.717, 1.165) is 25.1 Å². The lowest BCUT2D eigenvalue weighted by molar-refractivity contribution is 0.242. The van der Waals surface area contributed by atoms with Crippen molar-refractivity contribution in [3.63, 3.8) is 0 Å². The molecule has 4 heteroatoms. The lowest BCUT2D eigenvalue weighted by Crippen LogP contribution is -2.48. The normalized spacial score (nSPS) is 23.2. The molecule has 2 aliphatic rings. The van der Waals surface area contributed by atoms with Crippen LogP contribution in [0.25, 0.3) is 0 Å². The van der Waals surface area contributed by atoms with Crippen molar-refractivity contribution in [1.82, 2.24) is 15.5 Å². The van der Waals surface area contributed by atoms with Gasteiger partial charge in [-0.05, 0) is 24.8 Å². The Morgan fingerprint density at radius 3 is 2.56 bits per heavy atom. The van der Waals surface area contributed by atoms with Crippen molar-refractivity contribution in [2.24, 2.45) is 4.99 Å². The van der Waals surface area contributed by atoms with Gasteiger partial charge in [-0.25, -0.2) is 0 Å². The van der Waals surface area contributed by atoms with E-state index in [0.29, 0.717) is 6.04 Å². The summed E-state index contributed by atoms with van der Waals surface area (Å²) < 4.78 is 0. The van der Waals surface area contributed by atoms with Crippen LogP contribution in [0.5, 0.6) is 0 Å². The maximum atomic E-state index is 4.45. The highest BCUT2D eigenvalue weighted by Gasteiger charge is 2.30. The van der Waals surface area contributed by atoms with Gasteiger partial charge < -0.3 is 10.6 Å². The summed E-state index contributed by atoms with van der Waals surface area (Å²) in [6, 6.07) is 12.1. The van der Waals surface area contributed by atoms with Gasteiger partial charge in [0.05, 0.1) is 0 Å². The van der Waals surface area contributed by atoms with E-state index < -0.39 is 0 Å². The summed E-state index contributed by atoms with van der Waals surface area (Å²) in [4.78, 5) is 7.13. The molecule has 1 aliphatic heterocycles. The predicted molar refractivity (Wildman–Crippen MR) is 106 cm³/mol. The molecule has 1 aliphatic carbocycles. The minimum atomic E-state index is 0.0738. The van der Waals surface area contributed by atoms with Crippen molar-refractivity contribution in [3.05, 3.63) is 35.9 Å². The van der Waals surface area contributed by atoms with Crippen LogP contribution in [-0.2, 0) is 5.41 Å². The quantitative estimate of drug-likeness (QED) is 0.638. The Labute approximate surface area is 153 Å². The Kier molecular flexibility index (Phi) is 6.00. The number of nitrogens with zero attached hydrogens (tertiary/aromatic N) is 2. The molecule has 1 saturated carbocycles. The zero-order chi connectivity index (χ0) is 17.7. The molecule has 25 heavy (non-hydrogen) atoms. The van der Waals surface area contributed by atoms with E-state index in [1.54, 1.807) is 0 Å². The van der Waals surface area contributed by atoms with Gasteiger partial charge in [-0.3, -0.25) is 9.89 Å². The van der Waals surface area contributed by atoms with Gasteiger partial charge in [0, 0.05) is 44.2 Å². The summed E-state index contributed by atoms with van der Waals surface area (Å²) in [6.45, 7) is 7.82. The van der Waals surface area contributed by atoms with Crippen LogP contribution < -0.4 is 10.6 Å². The SMILES string of the molecule is CN=C(NCC(C)(C)c1ccccc1)NC1CCN(C2CCCC2)C1. The van der Waals surface area contributed by atoms with E-state index in [-0.39, 0.29) is 5.41 Å². The number of hydrogen-bond donors (Lipinski definition) is 2. The average Bonchev–Trinajstić information content (AvgIpc) is 3.31. The number of nitrogens with one attached hydrogen (secondary N) is 2. The molecule has 2 fully saturated rings. The van der Waals surface area contributed by atoms with Crippen molar-refractivity contribution in [2.45, 2.75) is 63.5 Å². The molecular formula is C21H34N4. The van der Waals surface area contributed by atoms with Crippen molar-refractivity contribution >= 4 is 5.96 Å². The molecule has 1 atom stereocenters. The molecule has 1 aromatic carbocycles. The lowest BCUT2D eigenvalue weighted by Gasteiger charge is -2.28. The maximum absolute atomic E-state index is 4.45. The summed E-state index contributed by atoms with van der Waals surface area (Å²) in [5, 5.41) is 7.18. The van der Waals surface area contributed by atoms with Crippen LogP contribution in [0.15, 0.2) is 35.3 Å². The van der Waals surface area contributed by atoms with E-state index in [1.807, 2.05) is 7.05 Å². The smallest absolute Gasteiger partial charge is 0.191 e. The van der Waals surface area contributed by atoms with E-state index >= 15 is 0 Å². The molecule has 0 spiro atoms. The predicted octanol–water partition coefficient (Wildman–Crippen LogP) is 3.15. The number of rotatable bonds is 5. The van der Waals surface area contributed by atoms with Crippen molar-refractivity contribution in [1.29, 1.82) is 0 Å². The molecule has 4 nitrogen and oxygen atoms in total. The fraction of sp³-hybridized carbons (Fsp3) is 0.667. The molecule has 0 aromatic heterocycles. The van der Waals surface area contributed by atoms with Crippen LogP contribution in [0.4, 0.5) is 0 Å². The summed E-state index contributed by atoms with van der Waals surface area (Å²) in [5.74, 6) is 0.933. The molecule has 0 amide bonds. The summed E-state index contributed by atoms with van der Waals surface area (Å²) >= 11 is 0. The third-order valence-corrected chi connectivity index (χ3v) is 5.88. The fourth-order valence-corrected chi connectivity index (χ4v) is 4.19. The van der Waals surface area contributed by atoms with Gasteiger partial charge in [0.2, 0.25) is 0 Å². The van der Waals surface area contributed by atoms with E-state index in [2.05, 4.69) is 64.7 Å².